The van der Waals surface area contributed by atoms with Crippen LogP contribution in [0.4, 0.5) is 0 Å². The van der Waals surface area contributed by atoms with Crippen LogP contribution in [-0.2, 0) is 17.6 Å². The average Bonchev–Trinajstić information content (AvgIpc) is 3.03. The number of aromatic nitrogens is 3. The van der Waals surface area contributed by atoms with Crippen molar-refractivity contribution in [1.29, 1.82) is 0 Å². The molecule has 1 saturated heterocycles. The lowest BCUT2D eigenvalue weighted by Crippen LogP contribution is -2.46. The van der Waals surface area contributed by atoms with E-state index in [1.54, 1.807) is 13.3 Å². The van der Waals surface area contributed by atoms with Crippen molar-refractivity contribution < 1.29 is 19.7 Å². The standard InChI is InChI=1S/C34H38N4O4/c1-42-26-9-11-31-28(18-26)27(13-15-35-31)32(39)12-8-23-14-16-38(21-29(23)34(40)41)20-22-7-10-30-25(17-22)19-36-33(37-30)24-5-3-2-4-6-24/h2-6,9,11,13,15,18-19,22-23,29,32,39H,7-8,10,12,14,16-17,20-21H2,1H3,(H,40,41)/t22?,23-,29+,32?/m1/s1. The second-order valence-corrected chi connectivity index (χ2v) is 11.8. The Morgan fingerprint density at radius 1 is 1.12 bits per heavy atom. The molecule has 3 heterocycles. The molecule has 8 nitrogen and oxygen atoms in total. The predicted octanol–water partition coefficient (Wildman–Crippen LogP) is 5.34. The van der Waals surface area contributed by atoms with Crippen LogP contribution in [0.3, 0.4) is 0 Å². The lowest BCUT2D eigenvalue weighted by molar-refractivity contribution is -0.146. The minimum absolute atomic E-state index is 0.0351. The van der Waals surface area contributed by atoms with E-state index in [4.69, 9.17) is 9.72 Å². The number of likely N-dealkylation sites (tertiary alicyclic amines) is 1. The van der Waals surface area contributed by atoms with Crippen LogP contribution < -0.4 is 4.74 Å². The van der Waals surface area contributed by atoms with Crippen molar-refractivity contribution in [3.63, 3.8) is 0 Å². The third kappa shape index (κ3) is 6.15. The number of carboxylic acids is 1. The molecule has 8 heteroatoms. The molecule has 0 radical (unpaired) electrons. The summed E-state index contributed by atoms with van der Waals surface area (Å²) in [4.78, 5) is 28.6. The highest BCUT2D eigenvalue weighted by Gasteiger charge is 2.35. The Balaban J connectivity index is 1.05. The second kappa shape index (κ2) is 12.5. The fourth-order valence-corrected chi connectivity index (χ4v) is 6.78. The topological polar surface area (TPSA) is 109 Å². The van der Waals surface area contributed by atoms with Gasteiger partial charge in [0.15, 0.2) is 5.82 Å². The van der Waals surface area contributed by atoms with Gasteiger partial charge in [0, 0.05) is 42.1 Å². The van der Waals surface area contributed by atoms with Crippen LogP contribution in [0.5, 0.6) is 5.75 Å². The fraction of sp³-hybridized carbons (Fsp3) is 0.412. The van der Waals surface area contributed by atoms with E-state index in [2.05, 4.69) is 14.9 Å². The van der Waals surface area contributed by atoms with Gasteiger partial charge in [-0.3, -0.25) is 9.78 Å². The molecular weight excluding hydrogens is 528 g/mol. The zero-order valence-electron chi connectivity index (χ0n) is 24.0. The van der Waals surface area contributed by atoms with Crippen molar-refractivity contribution in [1.82, 2.24) is 19.9 Å². The van der Waals surface area contributed by atoms with E-state index in [1.165, 1.54) is 5.56 Å². The molecule has 0 saturated carbocycles. The second-order valence-electron chi connectivity index (χ2n) is 11.8. The number of rotatable bonds is 9. The highest BCUT2D eigenvalue weighted by molar-refractivity contribution is 5.83. The number of aliphatic hydroxyl groups excluding tert-OH is 1. The van der Waals surface area contributed by atoms with Gasteiger partial charge in [-0.2, -0.15) is 0 Å². The Labute approximate surface area is 246 Å². The molecule has 0 amide bonds. The summed E-state index contributed by atoms with van der Waals surface area (Å²) in [6.07, 6.45) is 7.90. The van der Waals surface area contributed by atoms with E-state index in [-0.39, 0.29) is 5.92 Å². The first-order chi connectivity index (χ1) is 20.5. The van der Waals surface area contributed by atoms with Gasteiger partial charge in [0.2, 0.25) is 0 Å². The average molecular weight is 567 g/mol. The summed E-state index contributed by atoms with van der Waals surface area (Å²) in [7, 11) is 1.62. The van der Waals surface area contributed by atoms with Crippen LogP contribution in [-0.4, -0.2) is 62.8 Å². The molecule has 1 fully saturated rings. The number of aryl methyl sites for hydroxylation is 1. The van der Waals surface area contributed by atoms with Crippen LogP contribution in [0.2, 0.25) is 0 Å². The van der Waals surface area contributed by atoms with Gasteiger partial charge in [-0.25, -0.2) is 9.97 Å². The van der Waals surface area contributed by atoms with E-state index in [1.807, 2.05) is 60.8 Å². The molecule has 2 aromatic carbocycles. The number of hydrogen-bond acceptors (Lipinski definition) is 7. The van der Waals surface area contributed by atoms with Crippen molar-refractivity contribution in [3.05, 3.63) is 83.8 Å². The summed E-state index contributed by atoms with van der Waals surface area (Å²) < 4.78 is 5.37. The molecule has 2 aliphatic rings. The monoisotopic (exact) mass is 566 g/mol. The van der Waals surface area contributed by atoms with Crippen molar-refractivity contribution in [2.75, 3.05) is 26.7 Å². The third-order valence-corrected chi connectivity index (χ3v) is 9.11. The first-order valence-electron chi connectivity index (χ1n) is 14.9. The van der Waals surface area contributed by atoms with Crippen molar-refractivity contribution in [2.45, 2.75) is 44.6 Å². The largest absolute Gasteiger partial charge is 0.497 e. The number of aliphatic hydroxyl groups is 1. The van der Waals surface area contributed by atoms with E-state index in [9.17, 15) is 15.0 Å². The maximum atomic E-state index is 12.3. The van der Waals surface area contributed by atoms with E-state index >= 15 is 0 Å². The fourth-order valence-electron chi connectivity index (χ4n) is 6.78. The number of pyridine rings is 1. The van der Waals surface area contributed by atoms with Gasteiger partial charge < -0.3 is 19.8 Å². The molecular formula is C34H38N4O4. The Kier molecular flexibility index (Phi) is 8.44. The van der Waals surface area contributed by atoms with Crippen molar-refractivity contribution >= 4 is 16.9 Å². The van der Waals surface area contributed by atoms with Gasteiger partial charge in [0.1, 0.15) is 5.75 Å². The number of carboxylic acid groups (broad SMARTS) is 1. The number of carbonyl (C=O) groups is 1. The smallest absolute Gasteiger partial charge is 0.308 e. The number of piperidine rings is 1. The van der Waals surface area contributed by atoms with Crippen LogP contribution in [0.1, 0.15) is 48.6 Å². The number of nitrogens with zero attached hydrogens (tertiary/aromatic N) is 4. The zero-order chi connectivity index (χ0) is 29.1. The molecule has 6 rings (SSSR count). The molecule has 218 valence electrons. The maximum Gasteiger partial charge on any atom is 0.308 e. The molecule has 42 heavy (non-hydrogen) atoms. The molecule has 2 N–H and O–H groups in total. The molecule has 2 aromatic heterocycles. The Morgan fingerprint density at radius 2 is 1.98 bits per heavy atom. The van der Waals surface area contributed by atoms with E-state index in [0.29, 0.717) is 31.1 Å². The van der Waals surface area contributed by atoms with Crippen LogP contribution >= 0.6 is 0 Å². The highest BCUT2D eigenvalue weighted by atomic mass is 16.5. The zero-order valence-corrected chi connectivity index (χ0v) is 24.0. The van der Waals surface area contributed by atoms with Crippen molar-refractivity contribution in [3.8, 4) is 17.1 Å². The number of hydrogen-bond donors (Lipinski definition) is 2. The van der Waals surface area contributed by atoms with Gasteiger partial charge in [-0.15, -0.1) is 0 Å². The molecule has 1 aliphatic heterocycles. The Hall–Kier alpha value is -3.88. The predicted molar refractivity (Wildman–Crippen MR) is 161 cm³/mol. The lowest BCUT2D eigenvalue weighted by atomic mass is 9.80. The number of ether oxygens (including phenoxy) is 1. The summed E-state index contributed by atoms with van der Waals surface area (Å²) in [6, 6.07) is 17.6. The number of fused-ring (bicyclic) bond motifs is 2. The minimum atomic E-state index is -0.742. The van der Waals surface area contributed by atoms with Gasteiger partial charge in [0.05, 0.1) is 24.6 Å². The van der Waals surface area contributed by atoms with Crippen LogP contribution in [0.25, 0.3) is 22.3 Å². The first kappa shape index (κ1) is 28.2. The third-order valence-electron chi connectivity index (χ3n) is 9.11. The lowest BCUT2D eigenvalue weighted by Gasteiger charge is -2.39. The minimum Gasteiger partial charge on any atom is -0.497 e. The molecule has 0 bridgehead atoms. The van der Waals surface area contributed by atoms with Gasteiger partial charge in [-0.1, -0.05) is 30.3 Å². The molecule has 2 unspecified atom stereocenters. The van der Waals surface area contributed by atoms with Crippen LogP contribution in [0.15, 0.2) is 67.0 Å². The van der Waals surface area contributed by atoms with E-state index < -0.39 is 18.0 Å². The van der Waals surface area contributed by atoms with Crippen molar-refractivity contribution in [2.24, 2.45) is 17.8 Å². The highest BCUT2D eigenvalue weighted by Crippen LogP contribution is 2.35. The molecule has 4 aromatic rings. The maximum absolute atomic E-state index is 12.3. The normalized spacial score (nSPS) is 21.5. The summed E-state index contributed by atoms with van der Waals surface area (Å²) in [6.45, 7) is 2.33. The first-order valence-corrected chi connectivity index (χ1v) is 14.9. The Bertz CT molecular complexity index is 1550. The van der Waals surface area contributed by atoms with Gasteiger partial charge in [-0.05, 0) is 92.3 Å². The Morgan fingerprint density at radius 3 is 2.79 bits per heavy atom. The number of methoxy groups -OCH3 is 1. The molecule has 4 atom stereocenters. The number of benzene rings is 2. The number of aliphatic carboxylic acids is 1. The van der Waals surface area contributed by atoms with Crippen LogP contribution in [0, 0.1) is 17.8 Å². The van der Waals surface area contributed by atoms with Gasteiger partial charge in [0.25, 0.3) is 0 Å². The summed E-state index contributed by atoms with van der Waals surface area (Å²) in [5, 5.41) is 22.1. The summed E-state index contributed by atoms with van der Waals surface area (Å²) in [5.41, 5.74) is 5.00. The SMILES string of the molecule is COc1ccc2nccc(C(O)CC[C@@H]3CCN(CC4CCc5nc(-c6ccccc6)ncc5C4)C[C@@H]3C(=O)O)c2c1. The molecule has 0 spiro atoms. The van der Waals surface area contributed by atoms with E-state index in [0.717, 1.165) is 72.3 Å². The summed E-state index contributed by atoms with van der Waals surface area (Å²) in [5.74, 6) is 0.817. The molecule has 1 aliphatic carbocycles. The van der Waals surface area contributed by atoms with Gasteiger partial charge >= 0.3 is 5.97 Å². The summed E-state index contributed by atoms with van der Waals surface area (Å²) >= 11 is 0. The quantitative estimate of drug-likeness (QED) is 0.279.